The number of anilines is 2. The Balaban J connectivity index is 2.04. The Morgan fingerprint density at radius 1 is 1.05 bits per heavy atom. The van der Waals surface area contributed by atoms with Crippen molar-refractivity contribution >= 4 is 27.3 Å². The summed E-state index contributed by atoms with van der Waals surface area (Å²) in [5, 5.41) is 0.620. The minimum Gasteiger partial charge on any atom is -0.338 e. The van der Waals surface area contributed by atoms with Crippen LogP contribution in [-0.4, -0.2) is 6.54 Å². The summed E-state index contributed by atoms with van der Waals surface area (Å²) in [6.45, 7) is 0.684. The summed E-state index contributed by atoms with van der Waals surface area (Å²) in [5.74, 6) is -0.558. The molecule has 1 nitrogen and oxygen atoms in total. The Morgan fingerprint density at radius 2 is 1.89 bits per heavy atom. The van der Waals surface area contributed by atoms with Gasteiger partial charge in [0.25, 0.3) is 0 Å². The predicted molar refractivity (Wildman–Crippen MR) is 76.1 cm³/mol. The lowest BCUT2D eigenvalue weighted by molar-refractivity contribution is 0.622. The first-order chi connectivity index (χ1) is 9.19. The Morgan fingerprint density at radius 3 is 2.63 bits per heavy atom. The second-order valence-corrected chi connectivity index (χ2v) is 5.15. The van der Waals surface area contributed by atoms with Crippen LogP contribution in [0.2, 0.25) is 0 Å². The largest absolute Gasteiger partial charge is 0.338 e. The Bertz CT molecular complexity index is 628. The molecule has 0 saturated carbocycles. The van der Waals surface area contributed by atoms with Crippen molar-refractivity contribution in [1.82, 2.24) is 0 Å². The maximum absolute atomic E-state index is 14.1. The van der Waals surface area contributed by atoms with Gasteiger partial charge in [0.1, 0.15) is 11.6 Å². The topological polar surface area (TPSA) is 3.24 Å². The predicted octanol–water partition coefficient (Wildman–Crippen LogP) is 4.55. The highest BCUT2D eigenvalue weighted by molar-refractivity contribution is 9.08. The van der Waals surface area contributed by atoms with E-state index in [1.165, 1.54) is 18.2 Å². The van der Waals surface area contributed by atoms with Gasteiger partial charge in [0.2, 0.25) is 0 Å². The van der Waals surface area contributed by atoms with Gasteiger partial charge < -0.3 is 4.90 Å². The number of hydrogen-bond acceptors (Lipinski definition) is 1. The van der Waals surface area contributed by atoms with Crippen molar-refractivity contribution in [2.75, 3.05) is 11.4 Å². The molecule has 0 aliphatic carbocycles. The van der Waals surface area contributed by atoms with Crippen molar-refractivity contribution in [3.63, 3.8) is 0 Å². The van der Waals surface area contributed by atoms with Gasteiger partial charge in [-0.2, -0.15) is 0 Å². The lowest BCUT2D eigenvalue weighted by Gasteiger charge is -2.20. The van der Waals surface area contributed by atoms with Crippen LogP contribution in [0.1, 0.15) is 11.1 Å². The quantitative estimate of drug-likeness (QED) is 0.733. The van der Waals surface area contributed by atoms with Crippen LogP contribution in [0.4, 0.5) is 20.2 Å². The van der Waals surface area contributed by atoms with Crippen LogP contribution in [-0.2, 0) is 11.8 Å². The Hall–Kier alpha value is -1.42. The highest BCUT2D eigenvalue weighted by atomic mass is 79.9. The molecule has 19 heavy (non-hydrogen) atoms. The van der Waals surface area contributed by atoms with Crippen molar-refractivity contribution in [1.29, 1.82) is 0 Å². The zero-order valence-corrected chi connectivity index (χ0v) is 11.8. The van der Waals surface area contributed by atoms with Gasteiger partial charge in [-0.25, -0.2) is 8.78 Å². The first-order valence-corrected chi connectivity index (χ1v) is 7.21. The molecular weight excluding hydrogens is 312 g/mol. The minimum atomic E-state index is -0.289. The van der Waals surface area contributed by atoms with Gasteiger partial charge in [0.15, 0.2) is 0 Å². The minimum absolute atomic E-state index is 0.269. The molecule has 0 atom stereocenters. The smallest absolute Gasteiger partial charge is 0.147 e. The van der Waals surface area contributed by atoms with Gasteiger partial charge in [-0.05, 0) is 41.8 Å². The molecule has 0 fully saturated rings. The molecule has 0 spiro atoms. The molecular formula is C15H12BrF2N. The first kappa shape index (κ1) is 12.6. The SMILES string of the molecule is Fc1ccc2c(c1)N(c1ccc(CBr)cc1F)CC2. The van der Waals surface area contributed by atoms with Gasteiger partial charge in [-0.15, -0.1) is 0 Å². The van der Waals surface area contributed by atoms with E-state index < -0.39 is 0 Å². The van der Waals surface area contributed by atoms with Crippen molar-refractivity contribution < 1.29 is 8.78 Å². The number of hydrogen-bond donors (Lipinski definition) is 0. The summed E-state index contributed by atoms with van der Waals surface area (Å²) in [6.07, 6.45) is 0.815. The number of fused-ring (bicyclic) bond motifs is 1. The van der Waals surface area contributed by atoms with Crippen molar-refractivity contribution in [3.8, 4) is 0 Å². The van der Waals surface area contributed by atoms with Crippen LogP contribution in [0.15, 0.2) is 36.4 Å². The number of halogens is 3. The molecule has 3 rings (SSSR count). The monoisotopic (exact) mass is 323 g/mol. The summed E-state index contributed by atoms with van der Waals surface area (Å²) in [7, 11) is 0. The third kappa shape index (κ3) is 2.25. The Kier molecular flexibility index (Phi) is 3.27. The van der Waals surface area contributed by atoms with Crippen LogP contribution < -0.4 is 4.90 Å². The molecule has 0 radical (unpaired) electrons. The van der Waals surface area contributed by atoms with Crippen molar-refractivity contribution in [3.05, 3.63) is 59.2 Å². The van der Waals surface area contributed by atoms with Crippen LogP contribution in [0.5, 0.6) is 0 Å². The van der Waals surface area contributed by atoms with E-state index in [9.17, 15) is 8.78 Å². The molecule has 0 amide bonds. The van der Waals surface area contributed by atoms with Gasteiger partial charge in [0, 0.05) is 17.6 Å². The standard InChI is InChI=1S/C15H12BrF2N/c16-9-10-1-4-14(13(18)7-10)19-6-5-11-2-3-12(17)8-15(11)19/h1-4,7-8H,5-6,9H2. The second-order valence-electron chi connectivity index (χ2n) is 4.59. The van der Waals surface area contributed by atoms with E-state index in [1.54, 1.807) is 12.1 Å². The fourth-order valence-electron chi connectivity index (χ4n) is 2.46. The maximum Gasteiger partial charge on any atom is 0.147 e. The maximum atomic E-state index is 14.1. The summed E-state index contributed by atoms with van der Waals surface area (Å²) in [6, 6.07) is 9.85. The van der Waals surface area contributed by atoms with Crippen molar-refractivity contribution in [2.24, 2.45) is 0 Å². The second kappa shape index (κ2) is 4.93. The van der Waals surface area contributed by atoms with Crippen LogP contribution >= 0.6 is 15.9 Å². The third-order valence-electron chi connectivity index (χ3n) is 3.40. The van der Waals surface area contributed by atoms with E-state index in [0.29, 0.717) is 17.6 Å². The molecule has 98 valence electrons. The lowest BCUT2D eigenvalue weighted by atomic mass is 10.1. The molecule has 0 bridgehead atoms. The van der Waals surface area contributed by atoms with E-state index >= 15 is 0 Å². The molecule has 2 aromatic carbocycles. The molecule has 1 heterocycles. The number of nitrogens with zero attached hydrogens (tertiary/aromatic N) is 1. The summed E-state index contributed by atoms with van der Waals surface area (Å²) in [5.41, 5.74) is 3.23. The molecule has 4 heteroatoms. The van der Waals surface area contributed by atoms with Crippen LogP contribution in [0.3, 0.4) is 0 Å². The van der Waals surface area contributed by atoms with E-state index in [4.69, 9.17) is 0 Å². The zero-order chi connectivity index (χ0) is 13.4. The lowest BCUT2D eigenvalue weighted by Crippen LogP contribution is -2.15. The van der Waals surface area contributed by atoms with Gasteiger partial charge >= 0.3 is 0 Å². The van der Waals surface area contributed by atoms with E-state index in [2.05, 4.69) is 15.9 Å². The molecule has 1 aliphatic rings. The average molecular weight is 324 g/mol. The van der Waals surface area contributed by atoms with Gasteiger partial charge in [-0.1, -0.05) is 28.1 Å². The Labute approximate surface area is 119 Å². The van der Waals surface area contributed by atoms with E-state index in [0.717, 1.165) is 23.2 Å². The van der Waals surface area contributed by atoms with Gasteiger partial charge in [-0.3, -0.25) is 0 Å². The van der Waals surface area contributed by atoms with Crippen LogP contribution in [0, 0.1) is 11.6 Å². The zero-order valence-electron chi connectivity index (χ0n) is 10.2. The highest BCUT2D eigenvalue weighted by Crippen LogP contribution is 2.36. The molecule has 0 unspecified atom stereocenters. The summed E-state index contributed by atoms with van der Waals surface area (Å²) >= 11 is 3.31. The number of rotatable bonds is 2. The molecule has 0 aromatic heterocycles. The van der Waals surface area contributed by atoms with Gasteiger partial charge in [0.05, 0.1) is 5.69 Å². The third-order valence-corrected chi connectivity index (χ3v) is 4.05. The van der Waals surface area contributed by atoms with Crippen LogP contribution in [0.25, 0.3) is 0 Å². The molecule has 0 saturated heterocycles. The highest BCUT2D eigenvalue weighted by Gasteiger charge is 2.23. The molecule has 2 aromatic rings. The number of alkyl halides is 1. The number of benzene rings is 2. The molecule has 0 N–H and O–H groups in total. The van der Waals surface area contributed by atoms with E-state index in [1.807, 2.05) is 11.0 Å². The summed E-state index contributed by atoms with van der Waals surface area (Å²) < 4.78 is 27.5. The summed E-state index contributed by atoms with van der Waals surface area (Å²) in [4.78, 5) is 1.84. The normalized spacial score (nSPS) is 13.7. The fraction of sp³-hybridized carbons (Fsp3) is 0.200. The molecule has 1 aliphatic heterocycles. The van der Waals surface area contributed by atoms with Crippen molar-refractivity contribution in [2.45, 2.75) is 11.8 Å². The average Bonchev–Trinajstić information content (AvgIpc) is 2.81. The first-order valence-electron chi connectivity index (χ1n) is 6.09. The van der Waals surface area contributed by atoms with E-state index in [-0.39, 0.29) is 11.6 Å². The fourth-order valence-corrected chi connectivity index (χ4v) is 2.80.